The van der Waals surface area contributed by atoms with Crippen LogP contribution in [-0.2, 0) is 22.5 Å². The highest BCUT2D eigenvalue weighted by Gasteiger charge is 2.55. The maximum absolute atomic E-state index is 17.0. The molecular weight excluding hydrogens is 708 g/mol. The van der Waals surface area contributed by atoms with Gasteiger partial charge in [0.25, 0.3) is 0 Å². The van der Waals surface area contributed by atoms with Crippen LogP contribution in [0.1, 0.15) is 50.1 Å². The Kier molecular flexibility index (Phi) is 10.0. The van der Waals surface area contributed by atoms with E-state index in [9.17, 15) is 0 Å². The maximum Gasteiger partial charge on any atom is 0.138 e. The van der Waals surface area contributed by atoms with E-state index in [0.717, 1.165) is 78.2 Å². The van der Waals surface area contributed by atoms with Crippen LogP contribution in [-0.4, -0.2) is 7.11 Å². The minimum Gasteiger partial charge on any atom is -0.497 e. The maximum atomic E-state index is 17.0. The summed E-state index contributed by atoms with van der Waals surface area (Å²) in [6, 6.07) is 53.5. The van der Waals surface area contributed by atoms with Crippen molar-refractivity contribution in [2.75, 3.05) is 7.11 Å². The highest BCUT2D eigenvalue weighted by Crippen LogP contribution is 2.72. The SMILES string of the molecule is C=Cc1ccc(COc2ccc(C(c3ccc(OC)cc3)(c3ccc(Oc4c(C)cc(C)cc4C)cc3)P3(=O)Cc4ccccc4-c4ccccc43)cc2)cc1. The summed E-state index contributed by atoms with van der Waals surface area (Å²) in [5.74, 6) is 3.02. The fraction of sp³-hybridized carbons (Fsp3) is 0.137. The van der Waals surface area contributed by atoms with Crippen molar-refractivity contribution in [1.82, 2.24) is 0 Å². The number of ether oxygens (including phenoxy) is 3. The number of hydrogen-bond donors (Lipinski definition) is 0. The molecule has 1 aliphatic heterocycles. The molecule has 0 aliphatic carbocycles. The molecule has 5 heteroatoms. The standard InChI is InChI=1S/C51H45O4P/c1-6-38-15-17-39(18-16-38)33-54-45-27-21-42(22-28-45)51(41-19-25-44(53-5)26-20-41,43-23-29-46(30-24-43)55-50-36(3)31-35(2)32-37(50)4)56(52)34-40-11-7-8-12-47(40)48-13-9-10-14-49(48)56/h6-32H,1,33-34H2,2-5H3. The Balaban J connectivity index is 1.32. The van der Waals surface area contributed by atoms with Gasteiger partial charge in [-0.2, -0.15) is 0 Å². The number of rotatable bonds is 11. The summed E-state index contributed by atoms with van der Waals surface area (Å²) in [7, 11) is -1.82. The molecular formula is C51H45O4P. The van der Waals surface area contributed by atoms with Gasteiger partial charge in [0.15, 0.2) is 0 Å². The van der Waals surface area contributed by atoms with Crippen LogP contribution in [0.5, 0.6) is 23.0 Å². The molecule has 1 heterocycles. The predicted octanol–water partition coefficient (Wildman–Crippen LogP) is 12.8. The number of fused-ring (bicyclic) bond motifs is 3. The lowest BCUT2D eigenvalue weighted by molar-refractivity contribution is 0.306. The van der Waals surface area contributed by atoms with Crippen LogP contribution in [0.25, 0.3) is 17.2 Å². The lowest BCUT2D eigenvalue weighted by Crippen LogP contribution is -2.36. The number of methoxy groups -OCH3 is 1. The van der Waals surface area contributed by atoms with E-state index >= 15 is 4.57 Å². The molecule has 0 radical (unpaired) electrons. The Labute approximate surface area is 330 Å². The lowest BCUT2D eigenvalue weighted by Gasteiger charge is -2.45. The molecule has 0 N–H and O–H groups in total. The monoisotopic (exact) mass is 752 g/mol. The van der Waals surface area contributed by atoms with E-state index in [1.807, 2.05) is 72.8 Å². The molecule has 278 valence electrons. The van der Waals surface area contributed by atoms with E-state index in [-0.39, 0.29) is 0 Å². The molecule has 7 aromatic rings. The number of aryl methyl sites for hydroxylation is 3. The van der Waals surface area contributed by atoms with E-state index in [1.165, 1.54) is 5.56 Å². The van der Waals surface area contributed by atoms with Gasteiger partial charge in [-0.3, -0.25) is 0 Å². The van der Waals surface area contributed by atoms with Gasteiger partial charge >= 0.3 is 0 Å². The average molecular weight is 753 g/mol. The summed E-state index contributed by atoms with van der Waals surface area (Å²) < 4.78 is 35.6. The first-order chi connectivity index (χ1) is 27.2. The van der Waals surface area contributed by atoms with E-state index in [4.69, 9.17) is 14.2 Å². The highest BCUT2D eigenvalue weighted by atomic mass is 31.2. The van der Waals surface area contributed by atoms with Crippen LogP contribution in [0.15, 0.2) is 164 Å². The quantitative estimate of drug-likeness (QED) is 0.0975. The largest absolute Gasteiger partial charge is 0.497 e. The zero-order chi connectivity index (χ0) is 38.9. The van der Waals surface area contributed by atoms with Crippen molar-refractivity contribution in [3.05, 3.63) is 214 Å². The van der Waals surface area contributed by atoms with Gasteiger partial charge in [0.2, 0.25) is 0 Å². The predicted molar refractivity (Wildman–Crippen MR) is 230 cm³/mol. The normalized spacial score (nSPS) is 15.5. The van der Waals surface area contributed by atoms with Crippen molar-refractivity contribution >= 4 is 18.5 Å². The molecule has 0 bridgehead atoms. The van der Waals surface area contributed by atoms with Crippen molar-refractivity contribution in [1.29, 1.82) is 0 Å². The van der Waals surface area contributed by atoms with Crippen LogP contribution >= 0.6 is 7.14 Å². The molecule has 8 rings (SSSR count). The molecule has 1 aliphatic rings. The molecule has 2 unspecified atom stereocenters. The first kappa shape index (κ1) is 36.9. The molecule has 56 heavy (non-hydrogen) atoms. The third-order valence-electron chi connectivity index (χ3n) is 11.0. The second kappa shape index (κ2) is 15.2. The summed E-state index contributed by atoms with van der Waals surface area (Å²) in [5.41, 5.74) is 11.4. The smallest absolute Gasteiger partial charge is 0.138 e. The number of benzene rings is 7. The molecule has 0 amide bonds. The molecule has 0 spiro atoms. The Morgan fingerprint density at radius 3 is 1.77 bits per heavy atom. The van der Waals surface area contributed by atoms with Gasteiger partial charge in [-0.05, 0) is 113 Å². The second-order valence-electron chi connectivity index (χ2n) is 14.6. The topological polar surface area (TPSA) is 44.8 Å². The fourth-order valence-corrected chi connectivity index (χ4v) is 12.6. The van der Waals surface area contributed by atoms with Gasteiger partial charge in [-0.15, -0.1) is 0 Å². The first-order valence-electron chi connectivity index (χ1n) is 19.0. The van der Waals surface area contributed by atoms with E-state index in [0.29, 0.717) is 18.5 Å². The molecule has 0 aromatic heterocycles. The summed E-state index contributed by atoms with van der Waals surface area (Å²) in [6.45, 7) is 10.5. The summed E-state index contributed by atoms with van der Waals surface area (Å²) in [6.07, 6.45) is 2.21. The van der Waals surface area contributed by atoms with Crippen LogP contribution in [0, 0.1) is 20.8 Å². The van der Waals surface area contributed by atoms with E-state index in [2.05, 4.69) is 118 Å². The zero-order valence-electron chi connectivity index (χ0n) is 32.3. The van der Waals surface area contributed by atoms with Crippen molar-refractivity contribution < 1.29 is 18.8 Å². The zero-order valence-corrected chi connectivity index (χ0v) is 33.2. The van der Waals surface area contributed by atoms with Crippen LogP contribution in [0.2, 0.25) is 0 Å². The van der Waals surface area contributed by atoms with E-state index < -0.39 is 12.3 Å². The van der Waals surface area contributed by atoms with Crippen molar-refractivity contribution in [2.24, 2.45) is 0 Å². The minimum atomic E-state index is -3.49. The van der Waals surface area contributed by atoms with E-state index in [1.54, 1.807) is 7.11 Å². The first-order valence-corrected chi connectivity index (χ1v) is 20.9. The highest BCUT2D eigenvalue weighted by molar-refractivity contribution is 7.73. The summed E-state index contributed by atoms with van der Waals surface area (Å²) in [4.78, 5) is 0. The van der Waals surface area contributed by atoms with Gasteiger partial charge in [-0.25, -0.2) is 0 Å². The van der Waals surface area contributed by atoms with Gasteiger partial charge in [-0.1, -0.05) is 140 Å². The Morgan fingerprint density at radius 1 is 0.643 bits per heavy atom. The van der Waals surface area contributed by atoms with Gasteiger partial charge < -0.3 is 18.8 Å². The molecule has 0 saturated heterocycles. The number of hydrogen-bond acceptors (Lipinski definition) is 4. The average Bonchev–Trinajstić information content (AvgIpc) is 3.23. The molecule has 4 nitrogen and oxygen atoms in total. The Hall–Kier alpha value is -6.09. The summed E-state index contributed by atoms with van der Waals surface area (Å²) >= 11 is 0. The molecule has 0 fully saturated rings. The fourth-order valence-electron chi connectivity index (χ4n) is 8.44. The third-order valence-corrected chi connectivity index (χ3v) is 14.8. The molecule has 0 saturated carbocycles. The lowest BCUT2D eigenvalue weighted by atomic mass is 9.83. The molecule has 7 aromatic carbocycles. The van der Waals surface area contributed by atoms with Gasteiger partial charge in [0, 0.05) is 11.5 Å². The van der Waals surface area contributed by atoms with Crippen LogP contribution in [0.3, 0.4) is 0 Å². The van der Waals surface area contributed by atoms with Crippen molar-refractivity contribution in [3.63, 3.8) is 0 Å². The van der Waals surface area contributed by atoms with Crippen LogP contribution < -0.4 is 19.5 Å². The summed E-state index contributed by atoms with van der Waals surface area (Å²) in [5, 5.41) is -0.250. The van der Waals surface area contributed by atoms with Crippen LogP contribution in [0.4, 0.5) is 0 Å². The van der Waals surface area contributed by atoms with Crippen molar-refractivity contribution in [2.45, 2.75) is 38.7 Å². The third kappa shape index (κ3) is 6.55. The van der Waals surface area contributed by atoms with Gasteiger partial charge in [0.1, 0.15) is 41.9 Å². The Bertz CT molecular complexity index is 2550. The van der Waals surface area contributed by atoms with Gasteiger partial charge in [0.05, 0.1) is 7.11 Å². The Morgan fingerprint density at radius 2 is 1.18 bits per heavy atom. The minimum absolute atomic E-state index is 0.380. The second-order valence-corrected chi connectivity index (χ2v) is 17.6. The van der Waals surface area contributed by atoms with Crippen molar-refractivity contribution in [3.8, 4) is 34.1 Å². The molecule has 2 atom stereocenters.